The van der Waals surface area contributed by atoms with Gasteiger partial charge in [-0.2, -0.15) is 0 Å². The number of likely N-dealkylation sites (tertiary alicyclic amines) is 1. The highest BCUT2D eigenvalue weighted by Crippen LogP contribution is 2.38. The topological polar surface area (TPSA) is 88.6 Å². The minimum Gasteiger partial charge on any atom is -0.464 e. The number of ether oxygens (including phenoxy) is 1. The third-order valence-electron chi connectivity index (χ3n) is 7.66. The molecule has 7 nitrogen and oxygen atoms in total. The third-order valence-corrected chi connectivity index (χ3v) is 7.66. The standard InChI is InChI=1S/C28H39N3O4/c32-26(35-17-15-23-13-8-9-16-29-23)19-30-27(33)24-18-22-12-6-1-2-7-14-25(22)31(28(24)34)20-21-10-4-3-5-11-21/h8-9,13-14,16,21-22,24H,1-7,10-12,15,17-20H2,(H,30,33). The molecule has 4 rings (SSSR count). The van der Waals surface area contributed by atoms with Crippen molar-refractivity contribution in [1.82, 2.24) is 15.2 Å². The van der Waals surface area contributed by atoms with Crippen molar-refractivity contribution in [2.24, 2.45) is 17.8 Å². The van der Waals surface area contributed by atoms with Crippen LogP contribution in [0.1, 0.15) is 76.3 Å². The first kappa shape index (κ1) is 25.4. The number of rotatable bonds is 8. The maximum atomic E-state index is 13.6. The molecule has 2 fully saturated rings. The fourth-order valence-electron chi connectivity index (χ4n) is 5.74. The lowest BCUT2D eigenvalue weighted by atomic mass is 9.79. The molecule has 1 aliphatic heterocycles. The number of hydrogen-bond acceptors (Lipinski definition) is 5. The molecule has 2 unspecified atom stereocenters. The lowest BCUT2D eigenvalue weighted by Gasteiger charge is -2.42. The predicted octanol–water partition coefficient (Wildman–Crippen LogP) is 4.18. The van der Waals surface area contributed by atoms with Crippen molar-refractivity contribution in [2.45, 2.75) is 77.0 Å². The zero-order valence-corrected chi connectivity index (χ0v) is 20.8. The Hall–Kier alpha value is -2.70. The summed E-state index contributed by atoms with van der Waals surface area (Å²) >= 11 is 0. The Balaban J connectivity index is 1.34. The fraction of sp³-hybridized carbons (Fsp3) is 0.643. The highest BCUT2D eigenvalue weighted by molar-refractivity contribution is 6.02. The van der Waals surface area contributed by atoms with Crippen molar-refractivity contribution in [2.75, 3.05) is 19.7 Å². The minimum absolute atomic E-state index is 0.0975. The van der Waals surface area contributed by atoms with E-state index < -0.39 is 11.9 Å². The SMILES string of the molecule is O=C(CNC(=O)C1CC2CCCCCC=C2N(CC2CCCCC2)C1=O)OCCc1ccccn1. The first-order valence-corrected chi connectivity index (χ1v) is 13.5. The van der Waals surface area contributed by atoms with Crippen LogP contribution in [0, 0.1) is 17.8 Å². The van der Waals surface area contributed by atoms with Crippen molar-refractivity contribution in [3.63, 3.8) is 0 Å². The van der Waals surface area contributed by atoms with Crippen LogP contribution in [0.5, 0.6) is 0 Å². The van der Waals surface area contributed by atoms with E-state index in [0.717, 1.165) is 56.5 Å². The van der Waals surface area contributed by atoms with Gasteiger partial charge < -0.3 is 15.0 Å². The van der Waals surface area contributed by atoms with Crippen molar-refractivity contribution in [3.8, 4) is 0 Å². The van der Waals surface area contributed by atoms with Crippen LogP contribution in [-0.2, 0) is 25.5 Å². The van der Waals surface area contributed by atoms with Crippen LogP contribution >= 0.6 is 0 Å². The summed E-state index contributed by atoms with van der Waals surface area (Å²) < 4.78 is 5.25. The van der Waals surface area contributed by atoms with Gasteiger partial charge in [-0.25, -0.2) is 0 Å². The van der Waals surface area contributed by atoms with E-state index in [0.29, 0.717) is 18.8 Å². The van der Waals surface area contributed by atoms with Gasteiger partial charge >= 0.3 is 5.97 Å². The van der Waals surface area contributed by atoms with E-state index in [1.54, 1.807) is 6.20 Å². The number of hydrogen-bond donors (Lipinski definition) is 1. The molecule has 2 amide bonds. The molecule has 0 spiro atoms. The summed E-state index contributed by atoms with van der Waals surface area (Å²) in [4.78, 5) is 45.0. The molecule has 1 N–H and O–H groups in total. The zero-order valence-electron chi connectivity index (χ0n) is 20.8. The molecule has 35 heavy (non-hydrogen) atoms. The number of carbonyl (C=O) groups is 3. The van der Waals surface area contributed by atoms with Crippen LogP contribution in [0.15, 0.2) is 36.2 Å². The zero-order chi connectivity index (χ0) is 24.5. The number of allylic oxidation sites excluding steroid dienone is 2. The van der Waals surface area contributed by atoms with Gasteiger partial charge in [0, 0.05) is 36.5 Å². The molecule has 0 aromatic carbocycles. The van der Waals surface area contributed by atoms with Gasteiger partial charge in [0.1, 0.15) is 12.5 Å². The Morgan fingerprint density at radius 3 is 2.66 bits per heavy atom. The van der Waals surface area contributed by atoms with Gasteiger partial charge in [-0.05, 0) is 56.6 Å². The van der Waals surface area contributed by atoms with E-state index in [4.69, 9.17) is 4.74 Å². The molecule has 0 bridgehead atoms. The highest BCUT2D eigenvalue weighted by Gasteiger charge is 2.42. The predicted molar refractivity (Wildman–Crippen MR) is 133 cm³/mol. The van der Waals surface area contributed by atoms with Gasteiger partial charge in [0.25, 0.3) is 0 Å². The molecule has 2 atom stereocenters. The summed E-state index contributed by atoms with van der Waals surface area (Å²) in [6, 6.07) is 5.60. The Bertz CT molecular complexity index is 895. The molecule has 2 aliphatic carbocycles. The van der Waals surface area contributed by atoms with Crippen molar-refractivity contribution >= 4 is 17.8 Å². The maximum Gasteiger partial charge on any atom is 0.325 e. The van der Waals surface area contributed by atoms with Crippen LogP contribution in [0.4, 0.5) is 0 Å². The highest BCUT2D eigenvalue weighted by atomic mass is 16.5. The lowest BCUT2D eigenvalue weighted by Crippen LogP contribution is -2.51. The molecule has 1 aromatic heterocycles. The van der Waals surface area contributed by atoms with Gasteiger partial charge in [0.15, 0.2) is 0 Å². The summed E-state index contributed by atoms with van der Waals surface area (Å²) in [5.41, 5.74) is 2.00. The second-order valence-corrected chi connectivity index (χ2v) is 10.2. The number of carbonyl (C=O) groups excluding carboxylic acids is 3. The summed E-state index contributed by atoms with van der Waals surface area (Å²) in [7, 11) is 0. The molecule has 1 saturated heterocycles. The largest absolute Gasteiger partial charge is 0.464 e. The maximum absolute atomic E-state index is 13.6. The summed E-state index contributed by atoms with van der Waals surface area (Å²) in [6.07, 6.45) is 16.6. The van der Waals surface area contributed by atoms with Crippen LogP contribution in [0.3, 0.4) is 0 Å². The summed E-state index contributed by atoms with van der Waals surface area (Å²) in [5.74, 6) is -0.941. The van der Waals surface area contributed by atoms with Gasteiger partial charge in [0.05, 0.1) is 6.61 Å². The van der Waals surface area contributed by atoms with E-state index in [9.17, 15) is 14.4 Å². The van der Waals surface area contributed by atoms with Crippen LogP contribution in [0.25, 0.3) is 0 Å². The van der Waals surface area contributed by atoms with Crippen molar-refractivity contribution < 1.29 is 19.1 Å². The monoisotopic (exact) mass is 481 g/mol. The second kappa shape index (κ2) is 12.8. The van der Waals surface area contributed by atoms with E-state index in [1.807, 2.05) is 23.1 Å². The van der Waals surface area contributed by atoms with Crippen LogP contribution in [-0.4, -0.2) is 47.4 Å². The van der Waals surface area contributed by atoms with Crippen LogP contribution < -0.4 is 5.32 Å². The molecule has 1 aromatic rings. The van der Waals surface area contributed by atoms with Crippen molar-refractivity contribution in [3.05, 3.63) is 41.9 Å². The number of esters is 1. The lowest BCUT2D eigenvalue weighted by molar-refractivity contribution is -0.148. The third kappa shape index (κ3) is 7.15. The summed E-state index contributed by atoms with van der Waals surface area (Å²) in [6.45, 7) is 0.709. The van der Waals surface area contributed by atoms with E-state index in [2.05, 4.69) is 16.4 Å². The average Bonchev–Trinajstić information content (AvgIpc) is 2.86. The Labute approximate surface area is 208 Å². The van der Waals surface area contributed by atoms with E-state index in [-0.39, 0.29) is 30.9 Å². The Morgan fingerprint density at radius 1 is 1.06 bits per heavy atom. The molecule has 2 heterocycles. The number of amides is 2. The molecular formula is C28H39N3O4. The quantitative estimate of drug-likeness (QED) is 0.445. The van der Waals surface area contributed by atoms with Crippen LogP contribution in [0.2, 0.25) is 0 Å². The molecule has 0 radical (unpaired) electrons. The molecule has 7 heteroatoms. The second-order valence-electron chi connectivity index (χ2n) is 10.2. The number of piperidine rings is 1. The number of pyridine rings is 1. The Kier molecular flexibility index (Phi) is 9.32. The molecule has 1 saturated carbocycles. The normalized spacial score (nSPS) is 23.5. The van der Waals surface area contributed by atoms with Crippen molar-refractivity contribution in [1.29, 1.82) is 0 Å². The van der Waals surface area contributed by atoms with E-state index >= 15 is 0 Å². The first-order chi connectivity index (χ1) is 17.1. The summed E-state index contributed by atoms with van der Waals surface area (Å²) in [5, 5.41) is 2.68. The molecular weight excluding hydrogens is 442 g/mol. The smallest absolute Gasteiger partial charge is 0.325 e. The number of nitrogens with one attached hydrogen (secondary N) is 1. The molecule has 3 aliphatic rings. The number of nitrogens with zero attached hydrogens (tertiary/aromatic N) is 2. The van der Waals surface area contributed by atoms with E-state index in [1.165, 1.54) is 25.7 Å². The average molecular weight is 482 g/mol. The number of aromatic nitrogens is 1. The molecule has 190 valence electrons. The van der Waals surface area contributed by atoms with Gasteiger partial charge in [0.2, 0.25) is 11.8 Å². The first-order valence-electron chi connectivity index (χ1n) is 13.5. The van der Waals surface area contributed by atoms with Gasteiger partial charge in [-0.1, -0.05) is 44.2 Å². The van der Waals surface area contributed by atoms with Gasteiger partial charge in [-0.15, -0.1) is 0 Å². The van der Waals surface area contributed by atoms with Gasteiger partial charge in [-0.3, -0.25) is 19.4 Å². The minimum atomic E-state index is -0.735. The number of fused-ring (bicyclic) bond motifs is 1. The fourth-order valence-corrected chi connectivity index (χ4v) is 5.74. The Morgan fingerprint density at radius 2 is 1.86 bits per heavy atom.